The minimum absolute atomic E-state index is 0.135. The second-order valence-corrected chi connectivity index (χ2v) is 5.67. The van der Waals surface area contributed by atoms with E-state index >= 15 is 0 Å². The molecule has 1 aliphatic rings. The maximum atomic E-state index is 12.2. The van der Waals surface area contributed by atoms with Gasteiger partial charge in [0.25, 0.3) is 0 Å². The number of amides is 1. The van der Waals surface area contributed by atoms with E-state index in [0.717, 1.165) is 31.5 Å². The molecule has 1 aromatic rings. The maximum absolute atomic E-state index is 12.2. The van der Waals surface area contributed by atoms with Crippen LogP contribution in [0.3, 0.4) is 0 Å². The number of hydrogen-bond donors (Lipinski definition) is 1. The van der Waals surface area contributed by atoms with Gasteiger partial charge in [-0.25, -0.2) is 0 Å². The lowest BCUT2D eigenvalue weighted by Gasteiger charge is -2.31. The van der Waals surface area contributed by atoms with Crippen LogP contribution in [-0.2, 0) is 18.4 Å². The van der Waals surface area contributed by atoms with Gasteiger partial charge >= 0.3 is 0 Å². The van der Waals surface area contributed by atoms with Crippen molar-refractivity contribution in [2.24, 2.45) is 13.0 Å². The third-order valence-electron chi connectivity index (χ3n) is 3.93. The summed E-state index contributed by atoms with van der Waals surface area (Å²) < 4.78 is 1.74. The van der Waals surface area contributed by atoms with E-state index in [1.165, 1.54) is 0 Å². The van der Waals surface area contributed by atoms with Crippen LogP contribution < -0.4 is 0 Å². The van der Waals surface area contributed by atoms with Crippen molar-refractivity contribution < 1.29 is 9.90 Å². The van der Waals surface area contributed by atoms with Gasteiger partial charge in [-0.05, 0) is 31.8 Å². The van der Waals surface area contributed by atoms with E-state index in [1.54, 1.807) is 15.8 Å². The molecule has 0 saturated carbocycles. The van der Waals surface area contributed by atoms with Crippen LogP contribution in [0.5, 0.6) is 0 Å². The molecule has 0 spiro atoms. The number of likely N-dealkylation sites (N-methyl/N-ethyl adjacent to an activating group) is 1. The lowest BCUT2D eigenvalue weighted by molar-refractivity contribution is -0.132. The molecule has 0 atom stereocenters. The summed E-state index contributed by atoms with van der Waals surface area (Å²) >= 11 is 0. The van der Waals surface area contributed by atoms with Gasteiger partial charge in [0.2, 0.25) is 5.91 Å². The van der Waals surface area contributed by atoms with E-state index in [-0.39, 0.29) is 12.5 Å². The Morgan fingerprint density at radius 1 is 1.50 bits per heavy atom. The number of carbonyl (C=O) groups excluding carboxylic acids is 1. The van der Waals surface area contributed by atoms with Gasteiger partial charge in [-0.1, -0.05) is 0 Å². The number of aromatic nitrogens is 2. The molecular formula is C14H24N4O2. The van der Waals surface area contributed by atoms with E-state index in [0.29, 0.717) is 19.0 Å². The highest BCUT2D eigenvalue weighted by atomic mass is 16.3. The Labute approximate surface area is 120 Å². The van der Waals surface area contributed by atoms with Gasteiger partial charge in [-0.3, -0.25) is 14.4 Å². The molecule has 1 aliphatic heterocycles. The second-order valence-electron chi connectivity index (χ2n) is 5.67. The Morgan fingerprint density at radius 2 is 2.20 bits per heavy atom. The van der Waals surface area contributed by atoms with Crippen LogP contribution in [0.25, 0.3) is 0 Å². The lowest BCUT2D eigenvalue weighted by atomic mass is 9.98. The van der Waals surface area contributed by atoms with Crippen LogP contribution in [0.1, 0.15) is 18.4 Å². The van der Waals surface area contributed by atoms with Crippen molar-refractivity contribution in [2.45, 2.75) is 19.4 Å². The van der Waals surface area contributed by atoms with E-state index in [4.69, 9.17) is 5.11 Å². The van der Waals surface area contributed by atoms with E-state index in [2.05, 4.69) is 10.00 Å². The Kier molecular flexibility index (Phi) is 5.14. The zero-order chi connectivity index (χ0) is 14.5. The maximum Gasteiger partial charge on any atom is 0.236 e. The fourth-order valence-electron chi connectivity index (χ4n) is 2.55. The normalized spacial score (nSPS) is 17.4. The van der Waals surface area contributed by atoms with Crippen molar-refractivity contribution in [3.05, 3.63) is 18.0 Å². The van der Waals surface area contributed by atoms with Crippen molar-refractivity contribution in [3.8, 4) is 0 Å². The Morgan fingerprint density at radius 3 is 2.75 bits per heavy atom. The number of piperidine rings is 1. The SMILES string of the molecule is CN(Cc1cnn(C)c1)C(=O)CN1CCC(CO)CC1. The van der Waals surface area contributed by atoms with Crippen LogP contribution >= 0.6 is 0 Å². The summed E-state index contributed by atoms with van der Waals surface area (Å²) in [5.41, 5.74) is 1.04. The zero-order valence-electron chi connectivity index (χ0n) is 12.3. The monoisotopic (exact) mass is 280 g/mol. The van der Waals surface area contributed by atoms with Gasteiger partial charge in [0.05, 0.1) is 12.7 Å². The van der Waals surface area contributed by atoms with Crippen LogP contribution in [0.4, 0.5) is 0 Å². The van der Waals surface area contributed by atoms with Crippen LogP contribution in [0, 0.1) is 5.92 Å². The van der Waals surface area contributed by atoms with Crippen molar-refractivity contribution in [3.63, 3.8) is 0 Å². The molecule has 6 heteroatoms. The van der Waals surface area contributed by atoms with Crippen molar-refractivity contribution >= 4 is 5.91 Å². The molecule has 0 unspecified atom stereocenters. The number of aliphatic hydroxyl groups is 1. The summed E-state index contributed by atoms with van der Waals surface area (Å²) in [6.45, 7) is 3.13. The van der Waals surface area contributed by atoms with Crippen LogP contribution in [0.2, 0.25) is 0 Å². The summed E-state index contributed by atoms with van der Waals surface area (Å²) in [5, 5.41) is 13.2. The summed E-state index contributed by atoms with van der Waals surface area (Å²) in [6, 6.07) is 0. The molecule has 0 bridgehead atoms. The summed E-state index contributed by atoms with van der Waals surface area (Å²) in [4.78, 5) is 16.1. The predicted molar refractivity (Wildman–Crippen MR) is 75.9 cm³/mol. The van der Waals surface area contributed by atoms with Gasteiger partial charge < -0.3 is 10.0 Å². The number of nitrogens with zero attached hydrogens (tertiary/aromatic N) is 4. The molecule has 1 fully saturated rings. The van der Waals surface area contributed by atoms with Gasteiger partial charge in [-0.15, -0.1) is 0 Å². The highest BCUT2D eigenvalue weighted by Crippen LogP contribution is 2.16. The molecule has 1 amide bonds. The number of rotatable bonds is 5. The molecule has 112 valence electrons. The molecule has 1 N–H and O–H groups in total. The molecule has 0 aromatic carbocycles. The second kappa shape index (κ2) is 6.85. The van der Waals surface area contributed by atoms with Gasteiger partial charge in [0, 0.05) is 39.0 Å². The standard InChI is InChI=1S/C14H24N4O2/c1-16(8-13-7-15-17(2)9-13)14(20)10-18-5-3-12(11-19)4-6-18/h7,9,12,19H,3-6,8,10-11H2,1-2H3. The first-order valence-electron chi connectivity index (χ1n) is 7.13. The first-order chi connectivity index (χ1) is 9.58. The number of carbonyl (C=O) groups is 1. The highest BCUT2D eigenvalue weighted by Gasteiger charge is 2.21. The smallest absolute Gasteiger partial charge is 0.236 e. The molecule has 2 rings (SSSR count). The lowest BCUT2D eigenvalue weighted by Crippen LogP contribution is -2.42. The average Bonchev–Trinajstić information content (AvgIpc) is 2.85. The quantitative estimate of drug-likeness (QED) is 0.830. The molecule has 0 radical (unpaired) electrons. The topological polar surface area (TPSA) is 61.6 Å². The average molecular weight is 280 g/mol. The first kappa shape index (κ1) is 15.0. The third kappa shape index (κ3) is 4.05. The molecule has 1 aromatic heterocycles. The van der Waals surface area contributed by atoms with Gasteiger partial charge in [0.1, 0.15) is 0 Å². The van der Waals surface area contributed by atoms with E-state index in [1.807, 2.05) is 20.3 Å². The fraction of sp³-hybridized carbons (Fsp3) is 0.714. The number of aliphatic hydroxyl groups excluding tert-OH is 1. The molecule has 20 heavy (non-hydrogen) atoms. The number of likely N-dealkylation sites (tertiary alicyclic amines) is 1. The summed E-state index contributed by atoms with van der Waals surface area (Å²) in [5.74, 6) is 0.547. The molecule has 0 aliphatic carbocycles. The Balaban J connectivity index is 1.76. The fourth-order valence-corrected chi connectivity index (χ4v) is 2.55. The van der Waals surface area contributed by atoms with Crippen LogP contribution in [-0.4, -0.2) is 63.9 Å². The summed E-state index contributed by atoms with van der Waals surface area (Å²) in [6.07, 6.45) is 5.68. The minimum Gasteiger partial charge on any atom is -0.396 e. The van der Waals surface area contributed by atoms with E-state index in [9.17, 15) is 4.79 Å². The number of aryl methyl sites for hydroxylation is 1. The van der Waals surface area contributed by atoms with Gasteiger partial charge in [0.15, 0.2) is 0 Å². The Hall–Kier alpha value is -1.40. The molecular weight excluding hydrogens is 256 g/mol. The van der Waals surface area contributed by atoms with Crippen molar-refractivity contribution in [1.82, 2.24) is 19.6 Å². The van der Waals surface area contributed by atoms with Crippen molar-refractivity contribution in [2.75, 3.05) is 33.3 Å². The molecule has 2 heterocycles. The number of hydrogen-bond acceptors (Lipinski definition) is 4. The zero-order valence-corrected chi connectivity index (χ0v) is 12.3. The van der Waals surface area contributed by atoms with Crippen molar-refractivity contribution in [1.29, 1.82) is 0 Å². The van der Waals surface area contributed by atoms with Crippen LogP contribution in [0.15, 0.2) is 12.4 Å². The largest absolute Gasteiger partial charge is 0.396 e. The first-order valence-corrected chi connectivity index (χ1v) is 7.13. The molecule has 1 saturated heterocycles. The minimum atomic E-state index is 0.135. The highest BCUT2D eigenvalue weighted by molar-refractivity contribution is 5.78. The summed E-state index contributed by atoms with van der Waals surface area (Å²) in [7, 11) is 3.70. The van der Waals surface area contributed by atoms with E-state index < -0.39 is 0 Å². The molecule has 6 nitrogen and oxygen atoms in total. The third-order valence-corrected chi connectivity index (χ3v) is 3.93. The predicted octanol–water partition coefficient (Wildman–Crippen LogP) is 0.0828. The van der Waals surface area contributed by atoms with Gasteiger partial charge in [-0.2, -0.15) is 5.10 Å². The Bertz CT molecular complexity index is 438.